The van der Waals surface area contributed by atoms with Crippen molar-refractivity contribution in [2.75, 3.05) is 6.61 Å². The lowest BCUT2D eigenvalue weighted by molar-refractivity contribution is 0.0513. The lowest BCUT2D eigenvalue weighted by Crippen LogP contribution is -2.12. The van der Waals surface area contributed by atoms with E-state index in [1.165, 1.54) is 6.92 Å². The second kappa shape index (κ2) is 4.96. The van der Waals surface area contributed by atoms with Crippen LogP contribution >= 0.6 is 0 Å². The number of aromatic nitrogens is 1. The van der Waals surface area contributed by atoms with E-state index in [2.05, 4.69) is 9.72 Å². The fourth-order valence-corrected chi connectivity index (χ4v) is 1.30. The first-order valence-electron chi connectivity index (χ1n) is 4.59. The van der Waals surface area contributed by atoms with E-state index in [9.17, 15) is 18.0 Å². The number of esters is 1. The second-order valence-electron chi connectivity index (χ2n) is 3.02. The van der Waals surface area contributed by atoms with Gasteiger partial charge in [0.25, 0.3) is 6.43 Å². The molecule has 0 aliphatic carbocycles. The fourth-order valence-electron chi connectivity index (χ4n) is 1.30. The number of halogens is 3. The van der Waals surface area contributed by atoms with Crippen molar-refractivity contribution in [2.45, 2.75) is 20.3 Å². The molecule has 0 bridgehead atoms. The minimum atomic E-state index is -2.95. The molecule has 0 amide bonds. The third kappa shape index (κ3) is 2.50. The Hall–Kier alpha value is -1.59. The maximum atomic E-state index is 12.8. The van der Waals surface area contributed by atoms with Crippen LogP contribution < -0.4 is 0 Å². The predicted molar refractivity (Wildman–Crippen MR) is 49.8 cm³/mol. The summed E-state index contributed by atoms with van der Waals surface area (Å²) in [5, 5.41) is 0. The van der Waals surface area contributed by atoms with E-state index in [4.69, 9.17) is 0 Å². The summed E-state index contributed by atoms with van der Waals surface area (Å²) in [5.41, 5.74) is -1.16. The highest BCUT2D eigenvalue weighted by molar-refractivity contribution is 5.92. The van der Waals surface area contributed by atoms with Crippen LogP contribution in [0.2, 0.25) is 0 Å². The number of pyridine rings is 1. The maximum Gasteiger partial charge on any atom is 0.340 e. The largest absolute Gasteiger partial charge is 0.462 e. The zero-order valence-corrected chi connectivity index (χ0v) is 8.76. The number of ether oxygens (including phenoxy) is 1. The van der Waals surface area contributed by atoms with Crippen molar-refractivity contribution >= 4 is 5.97 Å². The fraction of sp³-hybridized carbons (Fsp3) is 0.400. The predicted octanol–water partition coefficient (Wildman–Crippen LogP) is 2.64. The van der Waals surface area contributed by atoms with Gasteiger partial charge >= 0.3 is 5.97 Å². The summed E-state index contributed by atoms with van der Waals surface area (Å²) in [7, 11) is 0. The van der Waals surface area contributed by atoms with Gasteiger partial charge in [0, 0.05) is 11.6 Å². The van der Waals surface area contributed by atoms with Crippen LogP contribution in [0.1, 0.15) is 35.0 Å². The minimum absolute atomic E-state index is 0.0539. The van der Waals surface area contributed by atoms with Crippen LogP contribution in [0.4, 0.5) is 13.2 Å². The molecular formula is C10H10F3NO2. The minimum Gasteiger partial charge on any atom is -0.462 e. The first kappa shape index (κ1) is 12.5. The van der Waals surface area contributed by atoms with Crippen LogP contribution in [0.15, 0.2) is 6.07 Å². The number of rotatable bonds is 3. The molecular weight excluding hydrogens is 223 g/mol. The molecule has 1 aromatic heterocycles. The normalized spacial score (nSPS) is 10.6. The summed E-state index contributed by atoms with van der Waals surface area (Å²) in [6.45, 7) is 2.88. The summed E-state index contributed by atoms with van der Waals surface area (Å²) in [6, 6.07) is 0.546. The van der Waals surface area contributed by atoms with Crippen LogP contribution in [0, 0.1) is 12.9 Å². The van der Waals surface area contributed by atoms with E-state index in [-0.39, 0.29) is 17.9 Å². The van der Waals surface area contributed by atoms with Crippen molar-refractivity contribution in [2.24, 2.45) is 0 Å². The van der Waals surface area contributed by atoms with Gasteiger partial charge in [-0.05, 0) is 13.8 Å². The molecule has 1 aromatic rings. The summed E-state index contributed by atoms with van der Waals surface area (Å²) < 4.78 is 42.6. The van der Waals surface area contributed by atoms with Gasteiger partial charge in [0.15, 0.2) is 0 Å². The molecule has 1 rings (SSSR count). The van der Waals surface area contributed by atoms with Gasteiger partial charge < -0.3 is 4.74 Å². The number of carbonyl (C=O) groups excluding carboxylic acids is 1. The monoisotopic (exact) mass is 233 g/mol. The number of hydrogen-bond acceptors (Lipinski definition) is 3. The van der Waals surface area contributed by atoms with Gasteiger partial charge in [-0.15, -0.1) is 0 Å². The third-order valence-corrected chi connectivity index (χ3v) is 1.91. The SMILES string of the molecule is CCOC(=O)c1c(C(F)F)cc(F)nc1C. The molecule has 0 aliphatic rings. The Morgan fingerprint density at radius 2 is 2.19 bits per heavy atom. The van der Waals surface area contributed by atoms with Crippen molar-refractivity contribution < 1.29 is 22.7 Å². The molecule has 0 saturated heterocycles. The smallest absolute Gasteiger partial charge is 0.340 e. The lowest BCUT2D eigenvalue weighted by atomic mass is 10.1. The molecule has 1 heterocycles. The Morgan fingerprint density at radius 3 is 2.69 bits per heavy atom. The van der Waals surface area contributed by atoms with Crippen LogP contribution in [0.25, 0.3) is 0 Å². The number of carbonyl (C=O) groups is 1. The second-order valence-corrected chi connectivity index (χ2v) is 3.02. The summed E-state index contributed by atoms with van der Waals surface area (Å²) >= 11 is 0. The molecule has 16 heavy (non-hydrogen) atoms. The molecule has 88 valence electrons. The zero-order valence-electron chi connectivity index (χ0n) is 8.76. The van der Waals surface area contributed by atoms with E-state index < -0.39 is 23.9 Å². The summed E-state index contributed by atoms with van der Waals surface area (Å²) in [5.74, 6) is -1.95. The van der Waals surface area contributed by atoms with Crippen molar-refractivity contribution in [1.82, 2.24) is 4.98 Å². The molecule has 0 fully saturated rings. The molecule has 0 aromatic carbocycles. The molecule has 0 radical (unpaired) electrons. The van der Waals surface area contributed by atoms with E-state index in [1.807, 2.05) is 0 Å². The van der Waals surface area contributed by atoms with Crippen LogP contribution in [0.5, 0.6) is 0 Å². The molecule has 6 heteroatoms. The highest BCUT2D eigenvalue weighted by atomic mass is 19.3. The van der Waals surface area contributed by atoms with E-state index in [1.54, 1.807) is 6.92 Å². The third-order valence-electron chi connectivity index (χ3n) is 1.91. The molecule has 0 saturated carbocycles. The molecule has 0 unspecified atom stereocenters. The van der Waals surface area contributed by atoms with E-state index in [0.29, 0.717) is 6.07 Å². The standard InChI is InChI=1S/C10H10F3NO2/c1-3-16-10(15)8-5(2)14-7(11)4-6(8)9(12)13/h4,9H,3H2,1-2H3. The van der Waals surface area contributed by atoms with Crippen molar-refractivity contribution in [3.05, 3.63) is 28.8 Å². The molecule has 3 nitrogen and oxygen atoms in total. The Labute approximate surface area is 90.2 Å². The van der Waals surface area contributed by atoms with Gasteiger partial charge in [-0.25, -0.2) is 18.6 Å². The number of alkyl halides is 2. The molecule has 0 atom stereocenters. The van der Waals surface area contributed by atoms with Gasteiger partial charge in [-0.1, -0.05) is 0 Å². The first-order valence-corrected chi connectivity index (χ1v) is 4.59. The highest BCUT2D eigenvalue weighted by Gasteiger charge is 2.23. The van der Waals surface area contributed by atoms with Gasteiger partial charge in [0.2, 0.25) is 5.95 Å². The molecule has 0 N–H and O–H groups in total. The number of hydrogen-bond donors (Lipinski definition) is 0. The van der Waals surface area contributed by atoms with Crippen molar-refractivity contribution in [3.63, 3.8) is 0 Å². The van der Waals surface area contributed by atoms with Crippen LogP contribution in [0.3, 0.4) is 0 Å². The first-order chi connectivity index (χ1) is 7.47. The summed E-state index contributed by atoms with van der Waals surface area (Å²) in [6.07, 6.45) is -2.95. The number of aryl methyl sites for hydroxylation is 1. The number of nitrogens with zero attached hydrogens (tertiary/aromatic N) is 1. The Kier molecular flexibility index (Phi) is 3.87. The van der Waals surface area contributed by atoms with Crippen LogP contribution in [-0.2, 0) is 4.74 Å². The quantitative estimate of drug-likeness (QED) is 0.595. The van der Waals surface area contributed by atoms with Crippen molar-refractivity contribution in [3.8, 4) is 0 Å². The maximum absolute atomic E-state index is 12.8. The van der Waals surface area contributed by atoms with Crippen LogP contribution in [-0.4, -0.2) is 17.6 Å². The molecule has 0 spiro atoms. The van der Waals surface area contributed by atoms with Crippen molar-refractivity contribution in [1.29, 1.82) is 0 Å². The van der Waals surface area contributed by atoms with E-state index in [0.717, 1.165) is 0 Å². The summed E-state index contributed by atoms with van der Waals surface area (Å²) in [4.78, 5) is 14.7. The average molecular weight is 233 g/mol. The van der Waals surface area contributed by atoms with E-state index >= 15 is 0 Å². The molecule has 0 aliphatic heterocycles. The highest BCUT2D eigenvalue weighted by Crippen LogP contribution is 2.25. The Balaban J connectivity index is 3.29. The van der Waals surface area contributed by atoms with Gasteiger partial charge in [-0.3, -0.25) is 0 Å². The Morgan fingerprint density at radius 1 is 1.56 bits per heavy atom. The zero-order chi connectivity index (χ0) is 12.3. The lowest BCUT2D eigenvalue weighted by Gasteiger charge is -2.10. The topological polar surface area (TPSA) is 39.2 Å². The van der Waals surface area contributed by atoms with Gasteiger partial charge in [-0.2, -0.15) is 4.39 Å². The van der Waals surface area contributed by atoms with Gasteiger partial charge in [0.1, 0.15) is 0 Å². The Bertz CT molecular complexity index is 407. The average Bonchev–Trinajstić information content (AvgIpc) is 2.16. The van der Waals surface area contributed by atoms with Gasteiger partial charge in [0.05, 0.1) is 17.9 Å².